The smallest absolute Gasteiger partial charge is 0.0611 e. The molecule has 4 nitrogen and oxygen atoms in total. The van der Waals surface area contributed by atoms with Crippen molar-refractivity contribution in [1.82, 2.24) is 0 Å². The van der Waals surface area contributed by atoms with Crippen LogP contribution >= 0.6 is 0 Å². The Morgan fingerprint density at radius 1 is 0.533 bits per heavy atom. The van der Waals surface area contributed by atoms with Gasteiger partial charge in [0.25, 0.3) is 0 Å². The summed E-state index contributed by atoms with van der Waals surface area (Å²) in [6.07, 6.45) is 22.5. The quantitative estimate of drug-likeness (QED) is 0.167. The predicted molar refractivity (Wildman–Crippen MR) is 134 cm³/mol. The van der Waals surface area contributed by atoms with Crippen molar-refractivity contribution in [3.05, 3.63) is 0 Å². The standard InChI is InChI=1S/2C13H29NO/c1-3-4-5-6-7-8-9-10-11-13(2,14)12-15;1-3-5-6-7-8-9-10-11-13(14,4-2)12-15/h2*15H,3-12,14H2,1-2H3. The molecule has 0 aliphatic carbocycles. The third-order valence-electron chi connectivity index (χ3n) is 6.26. The highest BCUT2D eigenvalue weighted by molar-refractivity contribution is 4.81. The summed E-state index contributed by atoms with van der Waals surface area (Å²) in [6, 6.07) is 0. The lowest BCUT2D eigenvalue weighted by atomic mass is 9.91. The van der Waals surface area contributed by atoms with Gasteiger partial charge in [0, 0.05) is 11.1 Å². The molecule has 0 amide bonds. The van der Waals surface area contributed by atoms with Gasteiger partial charge in [-0.1, -0.05) is 117 Å². The Labute approximate surface area is 189 Å². The summed E-state index contributed by atoms with van der Waals surface area (Å²) < 4.78 is 0. The molecular weight excluding hydrogens is 372 g/mol. The fourth-order valence-corrected chi connectivity index (χ4v) is 3.54. The van der Waals surface area contributed by atoms with Crippen molar-refractivity contribution in [2.45, 2.75) is 154 Å². The fourth-order valence-electron chi connectivity index (χ4n) is 3.54. The van der Waals surface area contributed by atoms with Crippen molar-refractivity contribution >= 4 is 0 Å². The zero-order valence-electron chi connectivity index (χ0n) is 21.2. The molecule has 0 saturated heterocycles. The summed E-state index contributed by atoms with van der Waals surface area (Å²) in [7, 11) is 0. The van der Waals surface area contributed by atoms with E-state index >= 15 is 0 Å². The van der Waals surface area contributed by atoms with Crippen molar-refractivity contribution in [2.24, 2.45) is 11.5 Å². The number of rotatable bonds is 20. The van der Waals surface area contributed by atoms with Crippen LogP contribution in [0.15, 0.2) is 0 Å². The van der Waals surface area contributed by atoms with E-state index in [-0.39, 0.29) is 24.3 Å². The maximum absolute atomic E-state index is 9.13. The molecule has 0 heterocycles. The lowest BCUT2D eigenvalue weighted by Gasteiger charge is -2.25. The lowest BCUT2D eigenvalue weighted by molar-refractivity contribution is 0.179. The van der Waals surface area contributed by atoms with Gasteiger partial charge in [0.15, 0.2) is 0 Å². The molecule has 4 heteroatoms. The molecule has 0 aromatic carbocycles. The van der Waals surface area contributed by atoms with Crippen LogP contribution in [-0.4, -0.2) is 34.5 Å². The van der Waals surface area contributed by atoms with Crippen LogP contribution in [0.4, 0.5) is 0 Å². The Morgan fingerprint density at radius 3 is 1.23 bits per heavy atom. The first-order valence-electron chi connectivity index (χ1n) is 13.1. The van der Waals surface area contributed by atoms with E-state index in [1.54, 1.807) is 0 Å². The first-order chi connectivity index (χ1) is 14.3. The Kier molecular flexibility index (Phi) is 23.5. The molecule has 2 unspecified atom stereocenters. The Bertz CT molecular complexity index is 331. The number of hydrogen-bond acceptors (Lipinski definition) is 4. The van der Waals surface area contributed by atoms with Crippen LogP contribution in [0.5, 0.6) is 0 Å². The highest BCUT2D eigenvalue weighted by Crippen LogP contribution is 2.17. The van der Waals surface area contributed by atoms with Gasteiger partial charge in [0.1, 0.15) is 0 Å². The summed E-state index contributed by atoms with van der Waals surface area (Å²) in [6.45, 7) is 8.69. The second-order valence-electron chi connectivity index (χ2n) is 9.78. The SMILES string of the molecule is CCCCCCCCCC(N)(CC)CO.CCCCCCCCCCC(C)(N)CO. The Balaban J connectivity index is 0. The van der Waals surface area contributed by atoms with Crippen molar-refractivity contribution in [3.8, 4) is 0 Å². The molecule has 0 aliphatic rings. The lowest BCUT2D eigenvalue weighted by Crippen LogP contribution is -2.42. The fraction of sp³-hybridized carbons (Fsp3) is 1.00. The average Bonchev–Trinajstić information content (AvgIpc) is 2.75. The third-order valence-corrected chi connectivity index (χ3v) is 6.26. The molecule has 0 aromatic heterocycles. The summed E-state index contributed by atoms with van der Waals surface area (Å²) in [5, 5.41) is 18.1. The van der Waals surface area contributed by atoms with Gasteiger partial charge in [-0.15, -0.1) is 0 Å². The second-order valence-corrected chi connectivity index (χ2v) is 9.78. The molecule has 0 rings (SSSR count). The first kappa shape index (κ1) is 32.0. The van der Waals surface area contributed by atoms with Crippen molar-refractivity contribution in [1.29, 1.82) is 0 Å². The molecule has 0 radical (unpaired) electrons. The zero-order chi connectivity index (χ0) is 23.1. The first-order valence-corrected chi connectivity index (χ1v) is 13.1. The summed E-state index contributed by atoms with van der Waals surface area (Å²) in [4.78, 5) is 0. The molecule has 0 bridgehead atoms. The maximum atomic E-state index is 9.13. The van der Waals surface area contributed by atoms with Crippen LogP contribution in [0.1, 0.15) is 143 Å². The van der Waals surface area contributed by atoms with Gasteiger partial charge in [-0.25, -0.2) is 0 Å². The summed E-state index contributed by atoms with van der Waals surface area (Å²) >= 11 is 0. The van der Waals surface area contributed by atoms with Gasteiger partial charge in [0.2, 0.25) is 0 Å². The zero-order valence-corrected chi connectivity index (χ0v) is 21.2. The third kappa shape index (κ3) is 22.5. The topological polar surface area (TPSA) is 92.5 Å². The monoisotopic (exact) mass is 430 g/mol. The second kappa shape index (κ2) is 22.0. The van der Waals surface area contributed by atoms with Crippen LogP contribution in [0, 0.1) is 0 Å². The Morgan fingerprint density at radius 2 is 0.900 bits per heavy atom. The molecule has 6 N–H and O–H groups in total. The van der Waals surface area contributed by atoms with Gasteiger partial charge >= 0.3 is 0 Å². The van der Waals surface area contributed by atoms with E-state index in [1.165, 1.54) is 83.5 Å². The molecule has 0 aliphatic heterocycles. The molecule has 184 valence electrons. The summed E-state index contributed by atoms with van der Waals surface area (Å²) in [5.74, 6) is 0. The number of aliphatic hydroxyl groups excluding tert-OH is 2. The van der Waals surface area contributed by atoms with Gasteiger partial charge in [-0.2, -0.15) is 0 Å². The van der Waals surface area contributed by atoms with E-state index < -0.39 is 0 Å². The van der Waals surface area contributed by atoms with E-state index in [0.717, 1.165) is 32.1 Å². The van der Waals surface area contributed by atoms with E-state index in [1.807, 2.05) is 6.92 Å². The van der Waals surface area contributed by atoms with E-state index in [2.05, 4.69) is 20.8 Å². The van der Waals surface area contributed by atoms with Crippen LogP contribution in [0.25, 0.3) is 0 Å². The number of unbranched alkanes of at least 4 members (excludes halogenated alkanes) is 13. The minimum absolute atomic E-state index is 0.101. The molecule has 0 spiro atoms. The summed E-state index contributed by atoms with van der Waals surface area (Å²) in [5.41, 5.74) is 11.2. The number of nitrogens with two attached hydrogens (primary N) is 2. The predicted octanol–water partition coefficient (Wildman–Crippen LogP) is 6.45. The maximum Gasteiger partial charge on any atom is 0.0611 e. The highest BCUT2D eigenvalue weighted by atomic mass is 16.3. The number of aliphatic hydroxyl groups is 2. The van der Waals surface area contributed by atoms with Crippen LogP contribution in [0.2, 0.25) is 0 Å². The van der Waals surface area contributed by atoms with Gasteiger partial charge in [0.05, 0.1) is 13.2 Å². The minimum Gasteiger partial charge on any atom is -0.394 e. The molecular formula is C26H58N2O2. The van der Waals surface area contributed by atoms with E-state index in [9.17, 15) is 0 Å². The van der Waals surface area contributed by atoms with E-state index in [0.29, 0.717) is 0 Å². The van der Waals surface area contributed by atoms with Crippen molar-refractivity contribution in [3.63, 3.8) is 0 Å². The molecule has 0 aromatic rings. The van der Waals surface area contributed by atoms with Crippen LogP contribution in [-0.2, 0) is 0 Å². The Hall–Kier alpha value is -0.160. The molecule has 0 fully saturated rings. The molecule has 30 heavy (non-hydrogen) atoms. The van der Waals surface area contributed by atoms with Crippen molar-refractivity contribution < 1.29 is 10.2 Å². The molecule has 0 saturated carbocycles. The van der Waals surface area contributed by atoms with Crippen LogP contribution < -0.4 is 11.5 Å². The van der Waals surface area contributed by atoms with E-state index in [4.69, 9.17) is 21.7 Å². The number of hydrogen-bond donors (Lipinski definition) is 4. The normalized spacial score (nSPS) is 15.2. The largest absolute Gasteiger partial charge is 0.394 e. The highest BCUT2D eigenvalue weighted by Gasteiger charge is 2.20. The van der Waals surface area contributed by atoms with Gasteiger partial charge in [-0.05, 0) is 26.2 Å². The molecule has 2 atom stereocenters. The van der Waals surface area contributed by atoms with Crippen molar-refractivity contribution in [2.75, 3.05) is 13.2 Å². The average molecular weight is 431 g/mol. The van der Waals surface area contributed by atoms with Gasteiger partial charge < -0.3 is 21.7 Å². The van der Waals surface area contributed by atoms with Crippen LogP contribution in [0.3, 0.4) is 0 Å². The van der Waals surface area contributed by atoms with Gasteiger partial charge in [-0.3, -0.25) is 0 Å². The minimum atomic E-state index is -0.359.